The third-order valence-electron chi connectivity index (χ3n) is 5.32. The molecule has 0 aromatic carbocycles. The molecule has 5 nitrogen and oxygen atoms in total. The Labute approximate surface area is 138 Å². The van der Waals surface area contributed by atoms with Crippen LogP contribution in [0.1, 0.15) is 95.3 Å². The summed E-state index contributed by atoms with van der Waals surface area (Å²) in [5, 5.41) is 4.07. The Morgan fingerprint density at radius 1 is 1.22 bits per heavy atom. The fraction of sp³-hybridized carbons (Fsp3) is 0.833. The summed E-state index contributed by atoms with van der Waals surface area (Å²) in [6, 6.07) is -0.0140. The summed E-state index contributed by atoms with van der Waals surface area (Å²) >= 11 is 0. The maximum Gasteiger partial charge on any atom is 0.249 e. The number of likely N-dealkylation sites (tertiary alicyclic amines) is 1. The van der Waals surface area contributed by atoms with Crippen LogP contribution in [0.3, 0.4) is 0 Å². The first kappa shape index (κ1) is 16.5. The monoisotopic (exact) mass is 319 g/mol. The highest BCUT2D eigenvalue weighted by molar-refractivity contribution is 5.76. The second kappa shape index (κ2) is 7.45. The molecule has 1 aromatic heterocycles. The highest BCUT2D eigenvalue weighted by Crippen LogP contribution is 2.33. The van der Waals surface area contributed by atoms with E-state index in [0.29, 0.717) is 12.3 Å². The van der Waals surface area contributed by atoms with Gasteiger partial charge in [-0.1, -0.05) is 44.7 Å². The van der Waals surface area contributed by atoms with Gasteiger partial charge in [0.15, 0.2) is 5.82 Å². The Hall–Kier alpha value is -1.39. The van der Waals surface area contributed by atoms with Gasteiger partial charge >= 0.3 is 0 Å². The quantitative estimate of drug-likeness (QED) is 0.815. The van der Waals surface area contributed by atoms with Gasteiger partial charge < -0.3 is 9.42 Å². The second-order valence-corrected chi connectivity index (χ2v) is 7.43. The number of piperidine rings is 1. The predicted octanol–water partition coefficient (Wildman–Crippen LogP) is 4.22. The zero-order chi connectivity index (χ0) is 16.2. The molecule has 5 heteroatoms. The zero-order valence-electron chi connectivity index (χ0n) is 14.5. The molecule has 23 heavy (non-hydrogen) atoms. The molecule has 1 atom stereocenters. The van der Waals surface area contributed by atoms with Crippen molar-refractivity contribution in [2.75, 3.05) is 6.54 Å². The van der Waals surface area contributed by atoms with E-state index in [1.165, 1.54) is 25.7 Å². The molecule has 0 N–H and O–H groups in total. The van der Waals surface area contributed by atoms with Crippen LogP contribution in [0.4, 0.5) is 0 Å². The van der Waals surface area contributed by atoms with Gasteiger partial charge in [0.25, 0.3) is 0 Å². The third kappa shape index (κ3) is 3.93. The van der Waals surface area contributed by atoms with Gasteiger partial charge in [-0.05, 0) is 31.6 Å². The van der Waals surface area contributed by atoms with Crippen molar-refractivity contribution in [1.29, 1.82) is 0 Å². The SMILES string of the molecule is CC(C)c1noc(C2CCCCN2C(=O)CCC2CCCC2)n1. The molecule has 0 spiro atoms. The number of hydrogen-bond donors (Lipinski definition) is 0. The van der Waals surface area contributed by atoms with Gasteiger partial charge in [0.1, 0.15) is 6.04 Å². The first-order valence-electron chi connectivity index (χ1n) is 9.28. The van der Waals surface area contributed by atoms with Crippen molar-refractivity contribution in [3.05, 3.63) is 11.7 Å². The molecule has 2 aliphatic rings. The summed E-state index contributed by atoms with van der Waals surface area (Å²) < 4.78 is 5.47. The summed E-state index contributed by atoms with van der Waals surface area (Å²) in [5.41, 5.74) is 0. The highest BCUT2D eigenvalue weighted by Gasteiger charge is 2.32. The number of nitrogens with zero attached hydrogens (tertiary/aromatic N) is 3. The van der Waals surface area contributed by atoms with E-state index in [4.69, 9.17) is 4.52 Å². The van der Waals surface area contributed by atoms with Crippen molar-refractivity contribution in [2.24, 2.45) is 5.92 Å². The van der Waals surface area contributed by atoms with E-state index < -0.39 is 0 Å². The van der Waals surface area contributed by atoms with Crippen LogP contribution < -0.4 is 0 Å². The fourth-order valence-corrected chi connectivity index (χ4v) is 3.87. The van der Waals surface area contributed by atoms with Gasteiger partial charge in [-0.15, -0.1) is 0 Å². The van der Waals surface area contributed by atoms with Crippen molar-refractivity contribution in [3.63, 3.8) is 0 Å². The third-order valence-corrected chi connectivity index (χ3v) is 5.32. The van der Waals surface area contributed by atoms with Crippen LogP contribution in [0, 0.1) is 5.92 Å². The van der Waals surface area contributed by atoms with Gasteiger partial charge in [-0.3, -0.25) is 4.79 Å². The lowest BCUT2D eigenvalue weighted by atomic mass is 9.98. The first-order valence-corrected chi connectivity index (χ1v) is 9.28. The van der Waals surface area contributed by atoms with E-state index in [0.717, 1.165) is 44.0 Å². The van der Waals surface area contributed by atoms with Crippen molar-refractivity contribution < 1.29 is 9.32 Å². The van der Waals surface area contributed by atoms with Gasteiger partial charge in [0.05, 0.1) is 0 Å². The largest absolute Gasteiger partial charge is 0.337 e. The Morgan fingerprint density at radius 2 is 1.96 bits per heavy atom. The standard InChI is InChI=1S/C18H29N3O2/c1-13(2)17-19-18(23-20-17)15-9-5-6-12-21(15)16(22)11-10-14-7-3-4-8-14/h13-15H,3-12H2,1-2H3. The second-order valence-electron chi connectivity index (χ2n) is 7.43. The smallest absolute Gasteiger partial charge is 0.249 e. The van der Waals surface area contributed by atoms with Crippen LogP contribution in [-0.2, 0) is 4.79 Å². The topological polar surface area (TPSA) is 59.2 Å². The van der Waals surface area contributed by atoms with E-state index in [1.807, 2.05) is 4.90 Å². The van der Waals surface area contributed by atoms with Crippen LogP contribution in [0.5, 0.6) is 0 Å². The Bertz CT molecular complexity index is 520. The van der Waals surface area contributed by atoms with E-state index in [-0.39, 0.29) is 17.9 Å². The highest BCUT2D eigenvalue weighted by atomic mass is 16.5. The van der Waals surface area contributed by atoms with Crippen LogP contribution >= 0.6 is 0 Å². The molecule has 1 saturated heterocycles. The Kier molecular flexibility index (Phi) is 5.34. The molecule has 128 valence electrons. The Morgan fingerprint density at radius 3 is 2.65 bits per heavy atom. The van der Waals surface area contributed by atoms with Crippen molar-refractivity contribution in [2.45, 2.75) is 83.6 Å². The first-order chi connectivity index (χ1) is 11.1. The lowest BCUT2D eigenvalue weighted by Gasteiger charge is -2.33. The lowest BCUT2D eigenvalue weighted by molar-refractivity contribution is -0.136. The minimum Gasteiger partial charge on any atom is -0.337 e. The van der Waals surface area contributed by atoms with Crippen molar-refractivity contribution in [1.82, 2.24) is 15.0 Å². The van der Waals surface area contributed by atoms with Crippen LogP contribution in [0.25, 0.3) is 0 Å². The number of amides is 1. The molecular weight excluding hydrogens is 290 g/mol. The molecule has 1 amide bonds. The molecule has 1 aliphatic carbocycles. The van der Waals surface area contributed by atoms with E-state index in [9.17, 15) is 4.79 Å². The summed E-state index contributed by atoms with van der Waals surface area (Å²) in [6.07, 6.45) is 10.1. The predicted molar refractivity (Wildman–Crippen MR) is 87.9 cm³/mol. The number of hydrogen-bond acceptors (Lipinski definition) is 4. The number of rotatable bonds is 5. The van der Waals surface area contributed by atoms with Crippen LogP contribution in [0.15, 0.2) is 4.52 Å². The summed E-state index contributed by atoms with van der Waals surface area (Å²) in [7, 11) is 0. The van der Waals surface area contributed by atoms with E-state index in [2.05, 4.69) is 24.0 Å². The van der Waals surface area contributed by atoms with Crippen LogP contribution in [-0.4, -0.2) is 27.5 Å². The molecule has 2 heterocycles. The van der Waals surface area contributed by atoms with Crippen LogP contribution in [0.2, 0.25) is 0 Å². The van der Waals surface area contributed by atoms with Gasteiger partial charge in [-0.2, -0.15) is 4.98 Å². The molecule has 1 saturated carbocycles. The molecule has 3 rings (SSSR count). The maximum atomic E-state index is 12.7. The molecule has 0 bridgehead atoms. The van der Waals surface area contributed by atoms with Gasteiger partial charge in [0.2, 0.25) is 11.8 Å². The zero-order valence-corrected chi connectivity index (χ0v) is 14.5. The summed E-state index contributed by atoms with van der Waals surface area (Å²) in [6.45, 7) is 4.94. The van der Waals surface area contributed by atoms with E-state index >= 15 is 0 Å². The normalized spacial score (nSPS) is 22.9. The number of carbonyl (C=O) groups excluding carboxylic acids is 1. The number of aromatic nitrogens is 2. The number of carbonyl (C=O) groups is 1. The van der Waals surface area contributed by atoms with Gasteiger partial charge in [-0.25, -0.2) is 0 Å². The minimum atomic E-state index is -0.0140. The van der Waals surface area contributed by atoms with Crippen molar-refractivity contribution >= 4 is 5.91 Å². The van der Waals surface area contributed by atoms with Crippen molar-refractivity contribution in [3.8, 4) is 0 Å². The molecule has 1 unspecified atom stereocenters. The average Bonchev–Trinajstić information content (AvgIpc) is 3.24. The molecular formula is C18H29N3O2. The Balaban J connectivity index is 1.63. The maximum absolute atomic E-state index is 12.7. The van der Waals surface area contributed by atoms with E-state index in [1.54, 1.807) is 0 Å². The molecule has 1 aromatic rings. The summed E-state index contributed by atoms with van der Waals surface area (Å²) in [5.74, 6) is 2.65. The van der Waals surface area contributed by atoms with Gasteiger partial charge in [0, 0.05) is 18.9 Å². The average molecular weight is 319 g/mol. The molecule has 0 radical (unpaired) electrons. The summed E-state index contributed by atoms with van der Waals surface area (Å²) in [4.78, 5) is 19.2. The minimum absolute atomic E-state index is 0.0140. The molecule has 1 aliphatic heterocycles. The molecule has 2 fully saturated rings. The fourth-order valence-electron chi connectivity index (χ4n) is 3.87. The lowest BCUT2D eigenvalue weighted by Crippen LogP contribution is -2.38.